The Hall–Kier alpha value is -0.300. The van der Waals surface area contributed by atoms with Crippen molar-refractivity contribution in [2.24, 2.45) is 5.92 Å². The van der Waals surface area contributed by atoms with Crippen LogP contribution in [0.5, 0.6) is 0 Å². The SMILES string of the molecule is C/C=C1\CCCC[C@@H]1C[C@@H](C)O. The van der Waals surface area contributed by atoms with E-state index in [0.29, 0.717) is 5.92 Å². The van der Waals surface area contributed by atoms with Crippen LogP contribution in [0.25, 0.3) is 0 Å². The van der Waals surface area contributed by atoms with Gasteiger partial charge in [0.05, 0.1) is 6.10 Å². The van der Waals surface area contributed by atoms with Crippen LogP contribution in [-0.4, -0.2) is 11.2 Å². The minimum Gasteiger partial charge on any atom is -0.393 e. The van der Waals surface area contributed by atoms with Gasteiger partial charge in [-0.15, -0.1) is 0 Å². The lowest BCUT2D eigenvalue weighted by Crippen LogP contribution is -2.15. The molecule has 1 saturated carbocycles. The molecule has 0 aromatic rings. The summed E-state index contributed by atoms with van der Waals surface area (Å²) in [4.78, 5) is 0. The van der Waals surface area contributed by atoms with Crippen LogP contribution in [0, 0.1) is 5.92 Å². The number of aliphatic hydroxyl groups excluding tert-OH is 1. The molecule has 12 heavy (non-hydrogen) atoms. The van der Waals surface area contributed by atoms with Crippen molar-refractivity contribution in [2.45, 2.75) is 52.1 Å². The quantitative estimate of drug-likeness (QED) is 0.629. The molecule has 0 heterocycles. The first-order valence-electron chi connectivity index (χ1n) is 5.07. The van der Waals surface area contributed by atoms with Gasteiger partial charge in [0.25, 0.3) is 0 Å². The molecule has 0 unspecified atom stereocenters. The number of hydrogen-bond acceptors (Lipinski definition) is 1. The molecule has 0 spiro atoms. The third-order valence-electron chi connectivity index (χ3n) is 2.79. The van der Waals surface area contributed by atoms with Crippen LogP contribution in [0.2, 0.25) is 0 Å². The fourth-order valence-corrected chi connectivity index (χ4v) is 2.17. The van der Waals surface area contributed by atoms with Crippen molar-refractivity contribution < 1.29 is 5.11 Å². The summed E-state index contributed by atoms with van der Waals surface area (Å²) >= 11 is 0. The predicted octanol–water partition coefficient (Wildman–Crippen LogP) is 2.89. The topological polar surface area (TPSA) is 20.2 Å². The fraction of sp³-hybridized carbons (Fsp3) is 0.818. The molecule has 70 valence electrons. The van der Waals surface area contributed by atoms with Gasteiger partial charge in [-0.1, -0.05) is 18.1 Å². The molecule has 0 aliphatic heterocycles. The van der Waals surface area contributed by atoms with Crippen LogP contribution in [0.1, 0.15) is 46.0 Å². The van der Waals surface area contributed by atoms with Crippen molar-refractivity contribution in [1.29, 1.82) is 0 Å². The van der Waals surface area contributed by atoms with Crippen molar-refractivity contribution in [2.75, 3.05) is 0 Å². The van der Waals surface area contributed by atoms with Gasteiger partial charge in [0.15, 0.2) is 0 Å². The largest absolute Gasteiger partial charge is 0.393 e. The molecule has 0 amide bonds. The average Bonchev–Trinajstić information content (AvgIpc) is 2.04. The molecule has 1 nitrogen and oxygen atoms in total. The molecule has 0 saturated heterocycles. The standard InChI is InChI=1S/C11H20O/c1-3-10-6-4-5-7-11(10)8-9(2)12/h3,9,11-12H,4-8H2,1-2H3/b10-3+/t9-,11-/m1/s1. The lowest BCUT2D eigenvalue weighted by Gasteiger charge is -2.26. The number of rotatable bonds is 2. The van der Waals surface area contributed by atoms with Gasteiger partial charge in [0, 0.05) is 0 Å². The van der Waals surface area contributed by atoms with Gasteiger partial charge in [0.1, 0.15) is 0 Å². The fourth-order valence-electron chi connectivity index (χ4n) is 2.17. The molecule has 1 aliphatic rings. The summed E-state index contributed by atoms with van der Waals surface area (Å²) in [5.41, 5.74) is 1.57. The number of aliphatic hydroxyl groups is 1. The molecule has 1 rings (SSSR count). The summed E-state index contributed by atoms with van der Waals surface area (Å²) in [5.74, 6) is 0.670. The van der Waals surface area contributed by atoms with E-state index in [-0.39, 0.29) is 6.10 Å². The van der Waals surface area contributed by atoms with E-state index in [1.54, 1.807) is 5.57 Å². The smallest absolute Gasteiger partial charge is 0.0517 e. The van der Waals surface area contributed by atoms with Gasteiger partial charge in [0.2, 0.25) is 0 Å². The van der Waals surface area contributed by atoms with E-state index in [1.165, 1.54) is 25.7 Å². The van der Waals surface area contributed by atoms with Crippen LogP contribution >= 0.6 is 0 Å². The number of allylic oxidation sites excluding steroid dienone is 2. The van der Waals surface area contributed by atoms with E-state index in [1.807, 2.05) is 6.92 Å². The molecule has 1 N–H and O–H groups in total. The summed E-state index contributed by atoms with van der Waals surface area (Å²) in [6.07, 6.45) is 8.29. The van der Waals surface area contributed by atoms with E-state index >= 15 is 0 Å². The monoisotopic (exact) mass is 168 g/mol. The zero-order valence-electron chi connectivity index (χ0n) is 8.21. The zero-order chi connectivity index (χ0) is 8.97. The second-order valence-electron chi connectivity index (χ2n) is 3.89. The maximum absolute atomic E-state index is 9.29. The van der Waals surface area contributed by atoms with Crippen LogP contribution in [0.4, 0.5) is 0 Å². The average molecular weight is 168 g/mol. The Kier molecular flexibility index (Phi) is 3.80. The van der Waals surface area contributed by atoms with Crippen LogP contribution in [0.3, 0.4) is 0 Å². The summed E-state index contributed by atoms with van der Waals surface area (Å²) in [5, 5.41) is 9.29. The van der Waals surface area contributed by atoms with Crippen LogP contribution in [-0.2, 0) is 0 Å². The van der Waals surface area contributed by atoms with Gasteiger partial charge in [-0.2, -0.15) is 0 Å². The molecule has 0 aromatic carbocycles. The van der Waals surface area contributed by atoms with Gasteiger partial charge >= 0.3 is 0 Å². The first-order valence-corrected chi connectivity index (χ1v) is 5.07. The van der Waals surface area contributed by atoms with E-state index in [0.717, 1.165) is 6.42 Å². The highest BCUT2D eigenvalue weighted by Gasteiger charge is 2.19. The van der Waals surface area contributed by atoms with Crippen LogP contribution < -0.4 is 0 Å². The molecule has 0 aromatic heterocycles. The molecule has 0 bridgehead atoms. The zero-order valence-corrected chi connectivity index (χ0v) is 8.21. The predicted molar refractivity (Wildman–Crippen MR) is 52.0 cm³/mol. The highest BCUT2D eigenvalue weighted by atomic mass is 16.3. The third kappa shape index (κ3) is 2.63. The maximum atomic E-state index is 9.29. The summed E-state index contributed by atoms with van der Waals surface area (Å²) in [7, 11) is 0. The first-order chi connectivity index (χ1) is 5.74. The Morgan fingerprint density at radius 3 is 2.92 bits per heavy atom. The lowest BCUT2D eigenvalue weighted by atomic mass is 9.81. The summed E-state index contributed by atoms with van der Waals surface area (Å²) in [6, 6.07) is 0. The first kappa shape index (κ1) is 9.79. The Morgan fingerprint density at radius 2 is 2.33 bits per heavy atom. The van der Waals surface area contributed by atoms with Gasteiger partial charge in [-0.3, -0.25) is 0 Å². The van der Waals surface area contributed by atoms with Crippen molar-refractivity contribution in [3.63, 3.8) is 0 Å². The van der Waals surface area contributed by atoms with E-state index < -0.39 is 0 Å². The lowest BCUT2D eigenvalue weighted by molar-refractivity contribution is 0.160. The van der Waals surface area contributed by atoms with Gasteiger partial charge in [-0.25, -0.2) is 0 Å². The van der Waals surface area contributed by atoms with Gasteiger partial charge in [-0.05, 0) is 45.4 Å². The number of hydrogen-bond donors (Lipinski definition) is 1. The third-order valence-corrected chi connectivity index (χ3v) is 2.79. The molecular formula is C11H20O. The Balaban J connectivity index is 2.48. The normalized spacial score (nSPS) is 30.6. The Bertz CT molecular complexity index is 158. The maximum Gasteiger partial charge on any atom is 0.0517 e. The highest BCUT2D eigenvalue weighted by molar-refractivity contribution is 5.08. The Labute approximate surface area is 75.5 Å². The molecule has 1 aliphatic carbocycles. The molecule has 1 fully saturated rings. The summed E-state index contributed by atoms with van der Waals surface area (Å²) in [6.45, 7) is 4.01. The van der Waals surface area contributed by atoms with Crippen molar-refractivity contribution in [3.05, 3.63) is 11.6 Å². The van der Waals surface area contributed by atoms with Crippen molar-refractivity contribution >= 4 is 0 Å². The minimum absolute atomic E-state index is 0.136. The van der Waals surface area contributed by atoms with E-state index in [2.05, 4.69) is 13.0 Å². The second-order valence-corrected chi connectivity index (χ2v) is 3.89. The Morgan fingerprint density at radius 1 is 1.58 bits per heavy atom. The molecule has 2 atom stereocenters. The second kappa shape index (κ2) is 4.66. The molecule has 0 radical (unpaired) electrons. The minimum atomic E-state index is -0.136. The van der Waals surface area contributed by atoms with E-state index in [9.17, 15) is 5.11 Å². The van der Waals surface area contributed by atoms with Gasteiger partial charge < -0.3 is 5.11 Å². The summed E-state index contributed by atoms with van der Waals surface area (Å²) < 4.78 is 0. The molecule has 1 heteroatoms. The molecular weight excluding hydrogens is 148 g/mol. The highest BCUT2D eigenvalue weighted by Crippen LogP contribution is 2.32. The van der Waals surface area contributed by atoms with Crippen LogP contribution in [0.15, 0.2) is 11.6 Å². The van der Waals surface area contributed by atoms with Crippen molar-refractivity contribution in [1.82, 2.24) is 0 Å². The van der Waals surface area contributed by atoms with E-state index in [4.69, 9.17) is 0 Å². The van der Waals surface area contributed by atoms with Crippen molar-refractivity contribution in [3.8, 4) is 0 Å².